The summed E-state index contributed by atoms with van der Waals surface area (Å²) in [5, 5.41) is 17.9. The summed E-state index contributed by atoms with van der Waals surface area (Å²) >= 11 is 0. The molecule has 1 N–H and O–H groups in total. The molecule has 1 rings (SSSR count). The number of rotatable bonds is 5. The minimum atomic E-state index is -0.855. The Morgan fingerprint density at radius 2 is 2.28 bits per heavy atom. The molecule has 18 heavy (non-hydrogen) atoms. The van der Waals surface area contributed by atoms with Crippen LogP contribution in [0.5, 0.6) is 0 Å². The first-order valence-corrected chi connectivity index (χ1v) is 5.85. The van der Waals surface area contributed by atoms with E-state index in [9.17, 15) is 4.79 Å². The Balaban J connectivity index is 3.12. The molecular formula is C13H17N3O2. The van der Waals surface area contributed by atoms with Crippen LogP contribution in [0.1, 0.15) is 31.5 Å². The van der Waals surface area contributed by atoms with E-state index in [0.29, 0.717) is 17.9 Å². The highest BCUT2D eigenvalue weighted by Crippen LogP contribution is 2.21. The second kappa shape index (κ2) is 6.01. The van der Waals surface area contributed by atoms with E-state index in [1.54, 1.807) is 12.1 Å². The lowest BCUT2D eigenvalue weighted by molar-refractivity contribution is -0.137. The first-order chi connectivity index (χ1) is 8.49. The van der Waals surface area contributed by atoms with Crippen LogP contribution >= 0.6 is 0 Å². The van der Waals surface area contributed by atoms with Crippen molar-refractivity contribution in [1.82, 2.24) is 4.98 Å². The van der Waals surface area contributed by atoms with Gasteiger partial charge in [-0.05, 0) is 32.9 Å². The van der Waals surface area contributed by atoms with E-state index in [1.165, 1.54) is 0 Å². The van der Waals surface area contributed by atoms with Crippen molar-refractivity contribution in [2.75, 3.05) is 11.4 Å². The number of pyridine rings is 1. The SMILES string of the molecule is CCN(c1nc(C)ccc1C#N)C(C)CC(=O)O. The van der Waals surface area contributed by atoms with Crippen molar-refractivity contribution in [3.8, 4) is 6.07 Å². The van der Waals surface area contributed by atoms with Crippen molar-refractivity contribution in [3.63, 3.8) is 0 Å². The Hall–Kier alpha value is -2.09. The molecule has 1 aromatic heterocycles. The summed E-state index contributed by atoms with van der Waals surface area (Å²) in [4.78, 5) is 17.0. The maximum absolute atomic E-state index is 10.8. The minimum absolute atomic E-state index is 0.0222. The van der Waals surface area contributed by atoms with Gasteiger partial charge in [-0.2, -0.15) is 5.26 Å². The number of aliphatic carboxylic acids is 1. The third-order valence-electron chi connectivity index (χ3n) is 2.75. The van der Waals surface area contributed by atoms with Crippen LogP contribution in [0.3, 0.4) is 0 Å². The van der Waals surface area contributed by atoms with Gasteiger partial charge < -0.3 is 10.0 Å². The molecule has 0 aliphatic carbocycles. The van der Waals surface area contributed by atoms with Crippen LogP contribution in [0.4, 0.5) is 5.82 Å². The Morgan fingerprint density at radius 3 is 2.78 bits per heavy atom. The summed E-state index contributed by atoms with van der Waals surface area (Å²) in [6.07, 6.45) is 0.0222. The Morgan fingerprint density at radius 1 is 1.61 bits per heavy atom. The average Bonchev–Trinajstić information content (AvgIpc) is 2.29. The smallest absolute Gasteiger partial charge is 0.305 e. The summed E-state index contributed by atoms with van der Waals surface area (Å²) in [7, 11) is 0. The predicted octanol–water partition coefficient (Wildman–Crippen LogP) is 1.95. The zero-order valence-electron chi connectivity index (χ0n) is 10.8. The normalized spacial score (nSPS) is 11.7. The Kier molecular flexibility index (Phi) is 4.67. The fourth-order valence-electron chi connectivity index (χ4n) is 1.88. The zero-order chi connectivity index (χ0) is 13.7. The van der Waals surface area contributed by atoms with E-state index in [0.717, 1.165) is 5.69 Å². The van der Waals surface area contributed by atoms with Crippen molar-refractivity contribution < 1.29 is 9.90 Å². The van der Waals surface area contributed by atoms with Gasteiger partial charge in [0, 0.05) is 18.3 Å². The number of carboxylic acid groups (broad SMARTS) is 1. The molecule has 1 aromatic rings. The Labute approximate surface area is 107 Å². The zero-order valence-corrected chi connectivity index (χ0v) is 10.8. The molecule has 96 valence electrons. The second-order valence-corrected chi connectivity index (χ2v) is 4.17. The van der Waals surface area contributed by atoms with Crippen molar-refractivity contribution in [2.45, 2.75) is 33.2 Å². The average molecular weight is 247 g/mol. The standard InChI is InChI=1S/C13H17N3O2/c1-4-16(10(3)7-12(17)18)13-11(8-14)6-5-9(2)15-13/h5-6,10H,4,7H2,1-3H3,(H,17,18). The molecule has 0 fully saturated rings. The van der Waals surface area contributed by atoms with Crippen LogP contribution in [-0.4, -0.2) is 28.6 Å². The number of anilines is 1. The number of hydrogen-bond acceptors (Lipinski definition) is 4. The summed E-state index contributed by atoms with van der Waals surface area (Å²) in [6.45, 7) is 6.20. The minimum Gasteiger partial charge on any atom is -0.481 e. The lowest BCUT2D eigenvalue weighted by Crippen LogP contribution is -2.36. The molecule has 0 amide bonds. The van der Waals surface area contributed by atoms with Gasteiger partial charge in [-0.15, -0.1) is 0 Å². The van der Waals surface area contributed by atoms with Crippen LogP contribution in [0.25, 0.3) is 0 Å². The van der Waals surface area contributed by atoms with Crippen molar-refractivity contribution >= 4 is 11.8 Å². The highest BCUT2D eigenvalue weighted by Gasteiger charge is 2.19. The highest BCUT2D eigenvalue weighted by molar-refractivity contribution is 5.68. The monoisotopic (exact) mass is 247 g/mol. The molecule has 1 atom stereocenters. The third-order valence-corrected chi connectivity index (χ3v) is 2.75. The molecular weight excluding hydrogens is 230 g/mol. The maximum atomic E-state index is 10.8. The number of aryl methyl sites for hydroxylation is 1. The lowest BCUT2D eigenvalue weighted by atomic mass is 10.1. The lowest BCUT2D eigenvalue weighted by Gasteiger charge is -2.29. The number of nitrogens with zero attached hydrogens (tertiary/aromatic N) is 3. The molecule has 0 aliphatic rings. The van der Waals surface area contributed by atoms with Crippen LogP contribution in [0, 0.1) is 18.3 Å². The van der Waals surface area contributed by atoms with E-state index in [1.807, 2.05) is 25.7 Å². The number of hydrogen-bond donors (Lipinski definition) is 1. The van der Waals surface area contributed by atoms with E-state index in [2.05, 4.69) is 11.1 Å². The number of aromatic nitrogens is 1. The van der Waals surface area contributed by atoms with Gasteiger partial charge in [-0.3, -0.25) is 4.79 Å². The van der Waals surface area contributed by atoms with Gasteiger partial charge in [0.15, 0.2) is 0 Å². The summed E-state index contributed by atoms with van der Waals surface area (Å²) in [6, 6.07) is 5.39. The van der Waals surface area contributed by atoms with E-state index < -0.39 is 5.97 Å². The fraction of sp³-hybridized carbons (Fsp3) is 0.462. The van der Waals surface area contributed by atoms with Crippen LogP contribution in [-0.2, 0) is 4.79 Å². The molecule has 0 bridgehead atoms. The fourth-order valence-corrected chi connectivity index (χ4v) is 1.88. The van der Waals surface area contributed by atoms with Gasteiger partial charge in [0.1, 0.15) is 11.9 Å². The Bertz CT molecular complexity index is 480. The largest absolute Gasteiger partial charge is 0.481 e. The molecule has 0 aliphatic heterocycles. The summed E-state index contributed by atoms with van der Waals surface area (Å²) < 4.78 is 0. The second-order valence-electron chi connectivity index (χ2n) is 4.17. The van der Waals surface area contributed by atoms with Gasteiger partial charge in [-0.1, -0.05) is 0 Å². The van der Waals surface area contributed by atoms with E-state index in [4.69, 9.17) is 10.4 Å². The molecule has 0 saturated heterocycles. The first kappa shape index (κ1) is 14.0. The van der Waals surface area contributed by atoms with E-state index in [-0.39, 0.29) is 12.5 Å². The van der Waals surface area contributed by atoms with Crippen molar-refractivity contribution in [1.29, 1.82) is 5.26 Å². The van der Waals surface area contributed by atoms with Crippen molar-refractivity contribution in [3.05, 3.63) is 23.4 Å². The van der Waals surface area contributed by atoms with Gasteiger partial charge in [0.2, 0.25) is 0 Å². The maximum Gasteiger partial charge on any atom is 0.305 e. The predicted molar refractivity (Wildman–Crippen MR) is 68.4 cm³/mol. The van der Waals surface area contributed by atoms with Gasteiger partial charge in [0.05, 0.1) is 12.0 Å². The topological polar surface area (TPSA) is 77.2 Å². The molecule has 5 nitrogen and oxygen atoms in total. The van der Waals surface area contributed by atoms with Gasteiger partial charge in [-0.25, -0.2) is 4.98 Å². The molecule has 1 heterocycles. The van der Waals surface area contributed by atoms with Gasteiger partial charge in [0.25, 0.3) is 0 Å². The molecule has 0 saturated carbocycles. The molecule has 0 aromatic carbocycles. The third kappa shape index (κ3) is 3.20. The summed E-state index contributed by atoms with van der Waals surface area (Å²) in [5.74, 6) is -0.291. The van der Waals surface area contributed by atoms with E-state index >= 15 is 0 Å². The quantitative estimate of drug-likeness (QED) is 0.860. The first-order valence-electron chi connectivity index (χ1n) is 5.85. The molecule has 0 radical (unpaired) electrons. The van der Waals surface area contributed by atoms with Crippen LogP contribution < -0.4 is 4.90 Å². The molecule has 0 spiro atoms. The van der Waals surface area contributed by atoms with Gasteiger partial charge >= 0.3 is 5.97 Å². The van der Waals surface area contributed by atoms with Crippen LogP contribution in [0.15, 0.2) is 12.1 Å². The van der Waals surface area contributed by atoms with Crippen LogP contribution in [0.2, 0.25) is 0 Å². The van der Waals surface area contributed by atoms with Crippen molar-refractivity contribution in [2.24, 2.45) is 0 Å². The number of nitriles is 1. The molecule has 5 heteroatoms. The summed E-state index contributed by atoms with van der Waals surface area (Å²) in [5.41, 5.74) is 1.28. The highest BCUT2D eigenvalue weighted by atomic mass is 16.4. The number of carboxylic acids is 1. The molecule has 1 unspecified atom stereocenters. The number of carbonyl (C=O) groups is 1.